The van der Waals surface area contributed by atoms with Crippen molar-refractivity contribution in [2.75, 3.05) is 0 Å². The minimum Gasteiger partial charge on any atom is -0.298 e. The molecule has 0 aliphatic heterocycles. The topological polar surface area (TPSA) is 54.9 Å². The minimum absolute atomic E-state index is 0.0632. The highest BCUT2D eigenvalue weighted by molar-refractivity contribution is 7.08. The summed E-state index contributed by atoms with van der Waals surface area (Å²) in [6.45, 7) is 2.22. The summed E-state index contributed by atoms with van der Waals surface area (Å²) < 4.78 is 1.13. The van der Waals surface area contributed by atoms with Gasteiger partial charge in [-0.25, -0.2) is 4.79 Å². The molecule has 0 aliphatic rings. The Morgan fingerprint density at radius 1 is 1.44 bits per heavy atom. The Balaban J connectivity index is 2.47. The van der Waals surface area contributed by atoms with Crippen LogP contribution in [0, 0.1) is 6.92 Å². The van der Waals surface area contributed by atoms with Gasteiger partial charge in [0.25, 0.3) is 5.56 Å². The van der Waals surface area contributed by atoms with Gasteiger partial charge < -0.3 is 0 Å². The van der Waals surface area contributed by atoms with Crippen molar-refractivity contribution in [3.05, 3.63) is 53.9 Å². The highest BCUT2D eigenvalue weighted by Crippen LogP contribution is 2.13. The third-order valence-corrected chi connectivity index (χ3v) is 3.39. The van der Waals surface area contributed by atoms with E-state index in [4.69, 9.17) is 11.6 Å². The fourth-order valence-corrected chi connectivity index (χ4v) is 2.38. The Hall–Kier alpha value is -1.33. The largest absolute Gasteiger partial charge is 0.329 e. The maximum absolute atomic E-state index is 11.6. The number of thiophene rings is 1. The summed E-state index contributed by atoms with van der Waals surface area (Å²) in [5.74, 6) is 0. The molecule has 2 rings (SSSR count). The van der Waals surface area contributed by atoms with Crippen LogP contribution in [-0.2, 0) is 6.54 Å². The number of halogens is 1. The molecule has 4 nitrogen and oxygen atoms in total. The summed E-state index contributed by atoms with van der Waals surface area (Å²) in [5, 5.41) is 3.97. The third-order valence-electron chi connectivity index (χ3n) is 2.28. The molecule has 0 spiro atoms. The number of hydrogen-bond acceptors (Lipinski definition) is 3. The Morgan fingerprint density at radius 2 is 2.19 bits per heavy atom. The van der Waals surface area contributed by atoms with Crippen LogP contribution in [0.4, 0.5) is 0 Å². The van der Waals surface area contributed by atoms with E-state index in [2.05, 4.69) is 4.98 Å². The van der Waals surface area contributed by atoms with Crippen molar-refractivity contribution in [2.24, 2.45) is 0 Å². The number of aryl methyl sites for hydroxylation is 1. The fourth-order valence-electron chi connectivity index (χ4n) is 1.36. The van der Waals surface area contributed by atoms with Gasteiger partial charge in [-0.1, -0.05) is 11.6 Å². The van der Waals surface area contributed by atoms with Gasteiger partial charge in [-0.3, -0.25) is 14.3 Å². The van der Waals surface area contributed by atoms with Crippen LogP contribution in [0.15, 0.2) is 26.4 Å². The first kappa shape index (κ1) is 11.2. The van der Waals surface area contributed by atoms with Crippen LogP contribution < -0.4 is 11.2 Å². The second kappa shape index (κ2) is 4.27. The highest BCUT2D eigenvalue weighted by atomic mass is 35.5. The van der Waals surface area contributed by atoms with Crippen LogP contribution in [0.3, 0.4) is 0 Å². The average molecular weight is 257 g/mol. The molecule has 0 amide bonds. The van der Waals surface area contributed by atoms with Gasteiger partial charge in [0.1, 0.15) is 5.15 Å². The second-order valence-electron chi connectivity index (χ2n) is 3.43. The van der Waals surface area contributed by atoms with Gasteiger partial charge in [-0.15, -0.1) is 0 Å². The first-order valence-corrected chi connectivity index (χ1v) is 5.91. The molecule has 0 fully saturated rings. The van der Waals surface area contributed by atoms with Gasteiger partial charge in [-0.2, -0.15) is 11.3 Å². The van der Waals surface area contributed by atoms with Crippen molar-refractivity contribution in [1.29, 1.82) is 0 Å². The van der Waals surface area contributed by atoms with Crippen molar-refractivity contribution in [3.8, 4) is 0 Å². The first-order valence-electron chi connectivity index (χ1n) is 4.59. The summed E-state index contributed by atoms with van der Waals surface area (Å²) in [7, 11) is 0. The molecule has 84 valence electrons. The lowest BCUT2D eigenvalue weighted by atomic mass is 10.2. The Kier molecular flexibility index (Phi) is 2.98. The zero-order chi connectivity index (χ0) is 11.7. The standard InChI is InChI=1S/C10H9ClN2O2S/c1-6-4-16-5-7(6)3-13-9(14)2-8(11)12-10(13)15/h2,4-5H,3H2,1H3,(H,12,15). The van der Waals surface area contributed by atoms with Crippen LogP contribution in [-0.4, -0.2) is 9.55 Å². The zero-order valence-electron chi connectivity index (χ0n) is 8.49. The predicted octanol–water partition coefficient (Wildman–Crippen LogP) is 1.61. The Labute approximate surface area is 100 Å². The van der Waals surface area contributed by atoms with E-state index in [1.54, 1.807) is 11.3 Å². The lowest BCUT2D eigenvalue weighted by molar-refractivity contribution is 0.698. The van der Waals surface area contributed by atoms with Crippen molar-refractivity contribution in [2.45, 2.75) is 13.5 Å². The molecule has 0 atom stereocenters. The van der Waals surface area contributed by atoms with Gasteiger partial charge >= 0.3 is 5.69 Å². The number of nitrogens with zero attached hydrogens (tertiary/aromatic N) is 1. The summed E-state index contributed by atoms with van der Waals surface area (Å²) >= 11 is 7.12. The van der Waals surface area contributed by atoms with Crippen molar-refractivity contribution in [1.82, 2.24) is 9.55 Å². The van der Waals surface area contributed by atoms with Crippen molar-refractivity contribution in [3.63, 3.8) is 0 Å². The van der Waals surface area contributed by atoms with E-state index in [-0.39, 0.29) is 17.3 Å². The predicted molar refractivity (Wildman–Crippen MR) is 64.5 cm³/mol. The van der Waals surface area contributed by atoms with Gasteiger partial charge in [-0.05, 0) is 28.8 Å². The molecule has 0 aromatic carbocycles. The first-order chi connectivity index (χ1) is 7.58. The number of rotatable bonds is 2. The van der Waals surface area contributed by atoms with E-state index in [9.17, 15) is 9.59 Å². The SMILES string of the molecule is Cc1cscc1Cn1c(=O)cc(Cl)[nH]c1=O. The molecule has 16 heavy (non-hydrogen) atoms. The lowest BCUT2D eigenvalue weighted by Crippen LogP contribution is -2.34. The van der Waals surface area contributed by atoms with E-state index in [0.717, 1.165) is 15.7 Å². The molecule has 1 N–H and O–H groups in total. The number of hydrogen-bond donors (Lipinski definition) is 1. The van der Waals surface area contributed by atoms with Crippen LogP contribution in [0.5, 0.6) is 0 Å². The van der Waals surface area contributed by atoms with Gasteiger partial charge in [0.05, 0.1) is 6.54 Å². The molecular formula is C10H9ClN2O2S. The molecule has 0 saturated carbocycles. The quantitative estimate of drug-likeness (QED) is 0.830. The number of nitrogens with one attached hydrogen (secondary N) is 1. The molecule has 0 radical (unpaired) electrons. The molecule has 2 heterocycles. The summed E-state index contributed by atoms with van der Waals surface area (Å²) in [5.41, 5.74) is 1.17. The molecule has 2 aromatic heterocycles. The molecule has 0 aliphatic carbocycles. The number of H-pyrrole nitrogens is 1. The summed E-state index contributed by atoms with van der Waals surface area (Å²) in [6.07, 6.45) is 0. The highest BCUT2D eigenvalue weighted by Gasteiger charge is 2.06. The molecule has 6 heteroatoms. The second-order valence-corrected chi connectivity index (χ2v) is 4.58. The van der Waals surface area contributed by atoms with Crippen molar-refractivity contribution >= 4 is 22.9 Å². The van der Waals surface area contributed by atoms with Crippen LogP contribution in [0.2, 0.25) is 5.15 Å². The van der Waals surface area contributed by atoms with E-state index in [0.29, 0.717) is 0 Å². The molecular weight excluding hydrogens is 248 g/mol. The number of aromatic amines is 1. The Bertz CT molecular complexity index is 595. The molecule has 2 aromatic rings. The van der Waals surface area contributed by atoms with Crippen LogP contribution in [0.1, 0.15) is 11.1 Å². The maximum Gasteiger partial charge on any atom is 0.329 e. The van der Waals surface area contributed by atoms with E-state index in [1.165, 1.54) is 6.07 Å². The van der Waals surface area contributed by atoms with Gasteiger partial charge in [0, 0.05) is 6.07 Å². The fraction of sp³-hybridized carbons (Fsp3) is 0.200. The molecule has 0 unspecified atom stereocenters. The summed E-state index contributed by atoms with van der Waals surface area (Å²) in [4.78, 5) is 25.5. The lowest BCUT2D eigenvalue weighted by Gasteiger charge is -2.03. The monoisotopic (exact) mass is 256 g/mol. The van der Waals surface area contributed by atoms with Gasteiger partial charge in [0.2, 0.25) is 0 Å². The number of aromatic nitrogens is 2. The zero-order valence-corrected chi connectivity index (χ0v) is 10.1. The maximum atomic E-state index is 11.6. The van der Waals surface area contributed by atoms with E-state index in [1.807, 2.05) is 17.7 Å². The third kappa shape index (κ3) is 2.10. The van der Waals surface area contributed by atoms with Gasteiger partial charge in [0.15, 0.2) is 0 Å². The average Bonchev–Trinajstić information content (AvgIpc) is 2.57. The summed E-state index contributed by atoms with van der Waals surface area (Å²) in [6, 6.07) is 1.20. The van der Waals surface area contributed by atoms with E-state index >= 15 is 0 Å². The van der Waals surface area contributed by atoms with Crippen molar-refractivity contribution < 1.29 is 0 Å². The van der Waals surface area contributed by atoms with E-state index < -0.39 is 5.69 Å². The normalized spacial score (nSPS) is 10.6. The smallest absolute Gasteiger partial charge is 0.298 e. The van der Waals surface area contributed by atoms with Crippen LogP contribution in [0.25, 0.3) is 0 Å². The Morgan fingerprint density at radius 3 is 2.75 bits per heavy atom. The van der Waals surface area contributed by atoms with Crippen LogP contribution >= 0.6 is 22.9 Å². The molecule has 0 saturated heterocycles. The molecule has 0 bridgehead atoms. The minimum atomic E-state index is -0.483.